The highest BCUT2D eigenvalue weighted by molar-refractivity contribution is 5.97. The molecule has 3 heteroatoms. The Morgan fingerprint density at radius 2 is 1.14 bits per heavy atom. The quantitative estimate of drug-likeness (QED) is 0.135. The van der Waals surface area contributed by atoms with E-state index < -0.39 is 0 Å². The molecule has 3 nitrogen and oxygen atoms in total. The molecule has 0 saturated carbocycles. The first-order valence-corrected chi connectivity index (χ1v) is 12.0. The minimum absolute atomic E-state index is 0.000886. The summed E-state index contributed by atoms with van der Waals surface area (Å²) in [7, 11) is 0. The lowest BCUT2D eigenvalue weighted by atomic mass is 10.0. The predicted molar refractivity (Wildman–Crippen MR) is 121 cm³/mol. The van der Waals surface area contributed by atoms with Gasteiger partial charge in [0.25, 0.3) is 0 Å². The number of rotatable bonds is 19. The van der Waals surface area contributed by atoms with Crippen LogP contribution in [0.4, 0.5) is 0 Å². The van der Waals surface area contributed by atoms with Crippen LogP contribution in [0.5, 0.6) is 0 Å². The molecule has 0 aliphatic rings. The first kappa shape index (κ1) is 25.4. The predicted octanol–water partition coefficient (Wildman–Crippen LogP) is 7.67. The summed E-state index contributed by atoms with van der Waals surface area (Å²) in [5.41, 5.74) is 0.660. The van der Waals surface area contributed by atoms with Crippen molar-refractivity contribution in [1.82, 2.24) is 0 Å². The van der Waals surface area contributed by atoms with E-state index >= 15 is 0 Å². The van der Waals surface area contributed by atoms with Crippen LogP contribution in [0, 0.1) is 0 Å². The zero-order valence-corrected chi connectivity index (χ0v) is 18.6. The summed E-state index contributed by atoms with van der Waals surface area (Å²) in [6.45, 7) is 2.75. The first-order valence-electron chi connectivity index (χ1n) is 12.0. The van der Waals surface area contributed by atoms with Crippen molar-refractivity contribution in [2.24, 2.45) is 0 Å². The molecule has 0 unspecified atom stereocenters. The third-order valence-corrected chi connectivity index (χ3v) is 5.41. The third kappa shape index (κ3) is 14.9. The van der Waals surface area contributed by atoms with Crippen LogP contribution in [0.3, 0.4) is 0 Å². The maximum absolute atomic E-state index is 12.0. The smallest absolute Gasteiger partial charge is 0.306 e. The van der Waals surface area contributed by atoms with Gasteiger partial charge in [-0.05, 0) is 6.42 Å². The van der Waals surface area contributed by atoms with Crippen LogP contribution >= 0.6 is 0 Å². The van der Waals surface area contributed by atoms with E-state index in [2.05, 4.69) is 6.92 Å². The molecule has 1 aromatic carbocycles. The molecule has 29 heavy (non-hydrogen) atoms. The zero-order chi connectivity index (χ0) is 21.0. The van der Waals surface area contributed by atoms with Gasteiger partial charge in [0.2, 0.25) is 0 Å². The summed E-state index contributed by atoms with van der Waals surface area (Å²) in [6, 6.07) is 9.11. The summed E-state index contributed by atoms with van der Waals surface area (Å²) in [5.74, 6) is -0.261. The van der Waals surface area contributed by atoms with Crippen LogP contribution in [0.2, 0.25) is 0 Å². The highest BCUT2D eigenvalue weighted by Gasteiger charge is 2.09. The fourth-order valence-corrected chi connectivity index (χ4v) is 3.54. The van der Waals surface area contributed by atoms with Crippen molar-refractivity contribution in [2.45, 2.75) is 110 Å². The molecule has 0 amide bonds. The van der Waals surface area contributed by atoms with Gasteiger partial charge in [0.05, 0.1) is 13.0 Å². The summed E-state index contributed by atoms with van der Waals surface area (Å²) in [6.07, 6.45) is 18.8. The number of hydrogen-bond acceptors (Lipinski definition) is 3. The number of ketones is 1. The number of esters is 1. The maximum Gasteiger partial charge on any atom is 0.306 e. The van der Waals surface area contributed by atoms with Crippen LogP contribution < -0.4 is 0 Å². The topological polar surface area (TPSA) is 43.4 Å². The van der Waals surface area contributed by atoms with Crippen LogP contribution in [0.1, 0.15) is 120 Å². The highest BCUT2D eigenvalue weighted by atomic mass is 16.5. The average Bonchev–Trinajstić information content (AvgIpc) is 2.75. The minimum atomic E-state index is -0.260. The normalized spacial score (nSPS) is 10.8. The molecule has 1 rings (SSSR count). The van der Waals surface area contributed by atoms with E-state index in [0.29, 0.717) is 12.2 Å². The second-order valence-electron chi connectivity index (χ2n) is 8.11. The zero-order valence-electron chi connectivity index (χ0n) is 18.6. The van der Waals surface area contributed by atoms with Gasteiger partial charge in [-0.25, -0.2) is 0 Å². The first-order chi connectivity index (χ1) is 14.2. The van der Waals surface area contributed by atoms with Gasteiger partial charge < -0.3 is 4.74 Å². The van der Waals surface area contributed by atoms with Gasteiger partial charge in [0, 0.05) is 12.0 Å². The largest absolute Gasteiger partial charge is 0.466 e. The lowest BCUT2D eigenvalue weighted by Gasteiger charge is -2.05. The van der Waals surface area contributed by atoms with Crippen LogP contribution in [0.25, 0.3) is 0 Å². The van der Waals surface area contributed by atoms with E-state index in [-0.39, 0.29) is 24.6 Å². The molecule has 0 heterocycles. The molecule has 1 aromatic rings. The summed E-state index contributed by atoms with van der Waals surface area (Å²) >= 11 is 0. The van der Waals surface area contributed by atoms with Gasteiger partial charge in [0.15, 0.2) is 5.78 Å². The van der Waals surface area contributed by atoms with Gasteiger partial charge >= 0.3 is 5.97 Å². The molecule has 0 bridgehead atoms. The monoisotopic (exact) mass is 402 g/mol. The van der Waals surface area contributed by atoms with Gasteiger partial charge in [-0.3, -0.25) is 9.59 Å². The molecule has 0 fully saturated rings. The Balaban J connectivity index is 1.82. The molecular weight excluding hydrogens is 360 g/mol. The Morgan fingerprint density at radius 3 is 1.66 bits per heavy atom. The van der Waals surface area contributed by atoms with Crippen LogP contribution in [-0.4, -0.2) is 18.4 Å². The van der Waals surface area contributed by atoms with Gasteiger partial charge in [-0.2, -0.15) is 0 Å². The molecule has 0 atom stereocenters. The average molecular weight is 403 g/mol. The van der Waals surface area contributed by atoms with E-state index in [4.69, 9.17) is 4.74 Å². The number of carbonyl (C=O) groups excluding carboxylic acids is 2. The number of ether oxygens (including phenoxy) is 1. The number of carbonyl (C=O) groups is 2. The molecule has 0 spiro atoms. The second-order valence-corrected chi connectivity index (χ2v) is 8.11. The molecular formula is C26H42O3. The second kappa shape index (κ2) is 18.4. The Morgan fingerprint density at radius 1 is 0.655 bits per heavy atom. The number of Topliss-reactive ketones (excluding diaryl/α,β-unsaturated/α-hetero) is 1. The summed E-state index contributed by atoms with van der Waals surface area (Å²) in [4.78, 5) is 23.7. The van der Waals surface area contributed by atoms with E-state index in [0.717, 1.165) is 12.8 Å². The van der Waals surface area contributed by atoms with Crippen molar-refractivity contribution in [2.75, 3.05) is 6.61 Å². The van der Waals surface area contributed by atoms with E-state index in [1.165, 1.54) is 77.0 Å². The molecule has 0 aromatic heterocycles. The van der Waals surface area contributed by atoms with Gasteiger partial charge in [-0.15, -0.1) is 0 Å². The standard InChI is InChI=1S/C26H42O3/c1-2-3-4-5-6-7-8-9-10-11-12-13-14-18-23-29-26(28)22-21-25(27)24-19-16-15-17-20-24/h15-17,19-20H,2-14,18,21-23H2,1H3. The van der Waals surface area contributed by atoms with Gasteiger partial charge in [0.1, 0.15) is 0 Å². The SMILES string of the molecule is CCCCCCCCCCCCCCCCOC(=O)CCC(=O)c1ccccc1. The molecule has 0 radical (unpaired) electrons. The van der Waals surface area contributed by atoms with Crippen molar-refractivity contribution >= 4 is 11.8 Å². The van der Waals surface area contributed by atoms with Crippen molar-refractivity contribution in [3.8, 4) is 0 Å². The van der Waals surface area contributed by atoms with Crippen LogP contribution in [0.15, 0.2) is 30.3 Å². The fourth-order valence-electron chi connectivity index (χ4n) is 3.54. The molecule has 0 saturated heterocycles. The Kier molecular flexibility index (Phi) is 16.1. The van der Waals surface area contributed by atoms with Crippen molar-refractivity contribution in [3.63, 3.8) is 0 Å². The summed E-state index contributed by atoms with van der Waals surface area (Å²) in [5, 5.41) is 0. The Bertz CT molecular complexity index is 524. The lowest BCUT2D eigenvalue weighted by molar-refractivity contribution is -0.143. The van der Waals surface area contributed by atoms with Crippen molar-refractivity contribution in [3.05, 3.63) is 35.9 Å². The molecule has 0 aliphatic carbocycles. The van der Waals surface area contributed by atoms with E-state index in [9.17, 15) is 9.59 Å². The molecule has 164 valence electrons. The van der Waals surface area contributed by atoms with Gasteiger partial charge in [-0.1, -0.05) is 121 Å². The van der Waals surface area contributed by atoms with E-state index in [1.54, 1.807) is 12.1 Å². The highest BCUT2D eigenvalue weighted by Crippen LogP contribution is 2.13. The Hall–Kier alpha value is -1.64. The minimum Gasteiger partial charge on any atom is -0.466 e. The summed E-state index contributed by atoms with van der Waals surface area (Å²) < 4.78 is 5.24. The van der Waals surface area contributed by atoms with E-state index in [1.807, 2.05) is 18.2 Å². The number of hydrogen-bond donors (Lipinski definition) is 0. The van der Waals surface area contributed by atoms with Crippen molar-refractivity contribution < 1.29 is 14.3 Å². The molecule has 0 aliphatic heterocycles. The lowest BCUT2D eigenvalue weighted by Crippen LogP contribution is -2.09. The molecule has 0 N–H and O–H groups in total. The third-order valence-electron chi connectivity index (χ3n) is 5.41. The Labute approximate surface area is 178 Å². The van der Waals surface area contributed by atoms with Crippen molar-refractivity contribution in [1.29, 1.82) is 0 Å². The number of benzene rings is 1. The fraction of sp³-hybridized carbons (Fsp3) is 0.692. The maximum atomic E-state index is 12.0. The number of unbranched alkanes of at least 4 members (excludes halogenated alkanes) is 13. The van der Waals surface area contributed by atoms with Crippen LogP contribution in [-0.2, 0) is 9.53 Å².